The van der Waals surface area contributed by atoms with Crippen LogP contribution in [-0.2, 0) is 0 Å². The highest BCUT2D eigenvalue weighted by Crippen LogP contribution is 2.22. The van der Waals surface area contributed by atoms with Gasteiger partial charge in [0.15, 0.2) is 0 Å². The first kappa shape index (κ1) is 9.40. The number of nitro groups is 1. The minimum atomic E-state index is -0.402. The fourth-order valence-corrected chi connectivity index (χ4v) is 1.35. The van der Waals surface area contributed by atoms with Gasteiger partial charge in [0.2, 0.25) is 0 Å². The van der Waals surface area contributed by atoms with Crippen molar-refractivity contribution in [2.45, 2.75) is 0 Å². The summed E-state index contributed by atoms with van der Waals surface area (Å²) in [6.45, 7) is 0. The van der Waals surface area contributed by atoms with E-state index in [0.29, 0.717) is 0 Å². The molecule has 0 aromatic heterocycles. The van der Waals surface area contributed by atoms with E-state index >= 15 is 0 Å². The molecule has 0 N–H and O–H groups in total. The molecule has 0 saturated heterocycles. The maximum absolute atomic E-state index is 10.6. The van der Waals surface area contributed by atoms with E-state index in [2.05, 4.69) is 6.07 Å². The van der Waals surface area contributed by atoms with Crippen molar-refractivity contribution in [3.05, 3.63) is 64.7 Å². The molecule has 15 heavy (non-hydrogen) atoms. The van der Waals surface area contributed by atoms with Crippen molar-refractivity contribution in [3.8, 4) is 11.1 Å². The van der Waals surface area contributed by atoms with E-state index in [1.54, 1.807) is 6.07 Å². The molecule has 0 aliphatic heterocycles. The Morgan fingerprint density at radius 3 is 2.53 bits per heavy atom. The molecule has 3 nitrogen and oxygen atoms in total. The molecule has 3 heteroatoms. The minimum Gasteiger partial charge on any atom is -0.258 e. The quantitative estimate of drug-likeness (QED) is 0.549. The van der Waals surface area contributed by atoms with Crippen LogP contribution in [0.3, 0.4) is 0 Å². The molecule has 1 radical (unpaired) electrons. The van der Waals surface area contributed by atoms with Crippen molar-refractivity contribution < 1.29 is 4.92 Å². The second-order valence-corrected chi connectivity index (χ2v) is 3.08. The summed E-state index contributed by atoms with van der Waals surface area (Å²) in [5.41, 5.74) is 1.76. The van der Waals surface area contributed by atoms with E-state index in [1.807, 2.05) is 30.3 Å². The zero-order valence-electron chi connectivity index (χ0n) is 7.88. The first-order chi connectivity index (χ1) is 7.27. The Kier molecular flexibility index (Phi) is 2.46. The predicted octanol–water partition coefficient (Wildman–Crippen LogP) is 3.06. The van der Waals surface area contributed by atoms with Crippen molar-refractivity contribution in [3.63, 3.8) is 0 Å². The molecule has 0 fully saturated rings. The van der Waals surface area contributed by atoms with Gasteiger partial charge in [-0.25, -0.2) is 0 Å². The average Bonchev–Trinajstić information content (AvgIpc) is 2.30. The van der Waals surface area contributed by atoms with E-state index in [4.69, 9.17) is 0 Å². The van der Waals surface area contributed by atoms with Crippen LogP contribution in [0, 0.1) is 16.2 Å². The Bertz CT molecular complexity index is 480. The highest BCUT2D eigenvalue weighted by atomic mass is 16.6. The van der Waals surface area contributed by atoms with Crippen molar-refractivity contribution in [2.24, 2.45) is 0 Å². The van der Waals surface area contributed by atoms with Gasteiger partial charge in [-0.05, 0) is 23.3 Å². The Balaban J connectivity index is 2.46. The number of nitro benzene ring substituents is 1. The molecule has 0 amide bonds. The number of nitrogens with zero attached hydrogens (tertiary/aromatic N) is 1. The van der Waals surface area contributed by atoms with E-state index in [-0.39, 0.29) is 5.69 Å². The lowest BCUT2D eigenvalue weighted by atomic mass is 10.1. The molecule has 0 spiro atoms. The molecule has 0 unspecified atom stereocenters. The second-order valence-electron chi connectivity index (χ2n) is 3.08. The number of non-ortho nitro benzene ring substituents is 1. The van der Waals surface area contributed by atoms with Gasteiger partial charge in [-0.1, -0.05) is 30.3 Å². The molecule has 0 saturated carbocycles. The van der Waals surface area contributed by atoms with Crippen molar-refractivity contribution in [1.82, 2.24) is 0 Å². The molecule has 2 aromatic carbocycles. The molecule has 0 heterocycles. The van der Waals surface area contributed by atoms with Crippen LogP contribution in [0.2, 0.25) is 0 Å². The summed E-state index contributed by atoms with van der Waals surface area (Å²) >= 11 is 0. The Labute approximate surface area is 87.1 Å². The maximum Gasteiger partial charge on any atom is 0.270 e. The van der Waals surface area contributed by atoms with E-state index in [1.165, 1.54) is 12.1 Å². The fraction of sp³-hybridized carbons (Fsp3) is 0. The lowest BCUT2D eigenvalue weighted by Gasteiger charge is -1.99. The van der Waals surface area contributed by atoms with Crippen LogP contribution in [0.25, 0.3) is 11.1 Å². The topological polar surface area (TPSA) is 43.1 Å². The van der Waals surface area contributed by atoms with Gasteiger partial charge in [0, 0.05) is 12.1 Å². The average molecular weight is 198 g/mol. The third kappa shape index (κ3) is 2.02. The zero-order chi connectivity index (χ0) is 10.7. The molecule has 0 aliphatic carbocycles. The SMILES string of the molecule is O=[N+]([O-])c1cc[c]c(-c2ccccc2)c1. The first-order valence-corrected chi connectivity index (χ1v) is 4.49. The van der Waals surface area contributed by atoms with Gasteiger partial charge in [-0.3, -0.25) is 10.1 Å². The Morgan fingerprint density at radius 1 is 1.13 bits per heavy atom. The lowest BCUT2D eigenvalue weighted by molar-refractivity contribution is -0.384. The normalized spacial score (nSPS) is 9.87. The second kappa shape index (κ2) is 3.92. The summed E-state index contributed by atoms with van der Waals surface area (Å²) < 4.78 is 0. The van der Waals surface area contributed by atoms with Gasteiger partial charge in [0.1, 0.15) is 0 Å². The van der Waals surface area contributed by atoms with Crippen LogP contribution in [0.4, 0.5) is 5.69 Å². The summed E-state index contributed by atoms with van der Waals surface area (Å²) in [5.74, 6) is 0. The summed E-state index contributed by atoms with van der Waals surface area (Å²) in [4.78, 5) is 10.2. The molecular formula is C12H8NO2. The van der Waals surface area contributed by atoms with Crippen LogP contribution < -0.4 is 0 Å². The fourth-order valence-electron chi connectivity index (χ4n) is 1.35. The molecule has 2 aromatic rings. The Morgan fingerprint density at radius 2 is 1.87 bits per heavy atom. The molecule has 73 valence electrons. The lowest BCUT2D eigenvalue weighted by Crippen LogP contribution is -1.87. The third-order valence-corrected chi connectivity index (χ3v) is 2.08. The summed E-state index contributed by atoms with van der Waals surface area (Å²) in [6.07, 6.45) is 0. The molecule has 0 aliphatic rings. The number of hydrogen-bond acceptors (Lipinski definition) is 2. The van der Waals surface area contributed by atoms with E-state index in [0.717, 1.165) is 11.1 Å². The monoisotopic (exact) mass is 198 g/mol. The standard InChI is InChI=1S/C12H8NO2/c14-13(15)12-8-4-7-11(9-12)10-5-2-1-3-6-10/h1-6,8-9H. The zero-order valence-corrected chi connectivity index (χ0v) is 7.88. The summed E-state index contributed by atoms with van der Waals surface area (Å²) in [5, 5.41) is 10.6. The maximum atomic E-state index is 10.6. The van der Waals surface area contributed by atoms with Gasteiger partial charge in [0.25, 0.3) is 5.69 Å². The molecule has 2 rings (SSSR count). The molecule has 0 bridgehead atoms. The van der Waals surface area contributed by atoms with Gasteiger partial charge in [-0.15, -0.1) is 0 Å². The number of rotatable bonds is 2. The third-order valence-electron chi connectivity index (χ3n) is 2.08. The van der Waals surface area contributed by atoms with Gasteiger partial charge < -0.3 is 0 Å². The molecule has 0 atom stereocenters. The summed E-state index contributed by atoms with van der Waals surface area (Å²) in [6, 6.07) is 17.0. The highest BCUT2D eigenvalue weighted by Gasteiger charge is 2.06. The van der Waals surface area contributed by atoms with Crippen LogP contribution in [-0.4, -0.2) is 4.92 Å². The number of benzene rings is 2. The minimum absolute atomic E-state index is 0.0904. The van der Waals surface area contributed by atoms with Gasteiger partial charge in [-0.2, -0.15) is 0 Å². The molecular weight excluding hydrogens is 190 g/mol. The van der Waals surface area contributed by atoms with Crippen LogP contribution in [0.15, 0.2) is 48.5 Å². The van der Waals surface area contributed by atoms with Crippen LogP contribution in [0.5, 0.6) is 0 Å². The van der Waals surface area contributed by atoms with E-state index < -0.39 is 4.92 Å². The van der Waals surface area contributed by atoms with Crippen LogP contribution >= 0.6 is 0 Å². The smallest absolute Gasteiger partial charge is 0.258 e. The van der Waals surface area contributed by atoms with E-state index in [9.17, 15) is 10.1 Å². The number of hydrogen-bond donors (Lipinski definition) is 0. The highest BCUT2D eigenvalue weighted by molar-refractivity contribution is 5.65. The predicted molar refractivity (Wildman–Crippen MR) is 57.4 cm³/mol. The largest absolute Gasteiger partial charge is 0.270 e. The van der Waals surface area contributed by atoms with Gasteiger partial charge >= 0.3 is 0 Å². The van der Waals surface area contributed by atoms with Crippen molar-refractivity contribution >= 4 is 5.69 Å². The summed E-state index contributed by atoms with van der Waals surface area (Å²) in [7, 11) is 0. The first-order valence-electron chi connectivity index (χ1n) is 4.49. The van der Waals surface area contributed by atoms with Crippen molar-refractivity contribution in [2.75, 3.05) is 0 Å². The van der Waals surface area contributed by atoms with Crippen molar-refractivity contribution in [1.29, 1.82) is 0 Å². The Hall–Kier alpha value is -2.16. The van der Waals surface area contributed by atoms with Crippen LogP contribution in [0.1, 0.15) is 0 Å². The van der Waals surface area contributed by atoms with Gasteiger partial charge in [0.05, 0.1) is 4.92 Å².